The average molecular weight is 759 g/mol. The first-order chi connectivity index (χ1) is 28.8. The Hall–Kier alpha value is -7.14. The molecule has 1 aliphatic carbocycles. The summed E-state index contributed by atoms with van der Waals surface area (Å²) in [6.07, 6.45) is 5.76. The minimum atomic E-state index is -2.88. The van der Waals surface area contributed by atoms with Gasteiger partial charge in [0.05, 0.1) is 21.9 Å². The van der Waals surface area contributed by atoms with E-state index in [0.717, 1.165) is 34.0 Å². The quantitative estimate of drug-likeness (QED) is 0.122. The third kappa shape index (κ3) is 4.67. The normalized spacial score (nSPS) is 14.2. The molecule has 0 aliphatic heterocycles. The second kappa shape index (κ2) is 13.0. The molecule has 0 bridgehead atoms. The van der Waals surface area contributed by atoms with Crippen molar-refractivity contribution >= 4 is 84.4 Å². The Bertz CT molecular complexity index is 3320. The fourth-order valence-electron chi connectivity index (χ4n) is 10.4. The molecule has 8 aromatic carbocycles. The van der Waals surface area contributed by atoms with Crippen LogP contribution in [0.15, 0.2) is 211 Å². The number of benzene rings is 8. The van der Waals surface area contributed by atoms with Crippen LogP contribution in [0.3, 0.4) is 0 Å². The molecule has 0 spiro atoms. The van der Waals surface area contributed by atoms with Crippen LogP contribution in [0.2, 0.25) is 0 Å². The summed E-state index contributed by atoms with van der Waals surface area (Å²) in [6.45, 7) is 0. The van der Waals surface area contributed by atoms with Crippen LogP contribution in [0.25, 0.3) is 72.1 Å². The summed E-state index contributed by atoms with van der Waals surface area (Å²) in [5, 5.41) is 10.3. The largest absolute Gasteiger partial charge is 0.456 e. The average Bonchev–Trinajstić information content (AvgIpc) is 3.96. The molecule has 58 heavy (non-hydrogen) atoms. The number of aromatic nitrogens is 2. The number of allylic oxidation sites excluding steroid dienone is 1. The zero-order chi connectivity index (χ0) is 38.2. The lowest BCUT2D eigenvalue weighted by Gasteiger charge is -2.42. The third-order valence-electron chi connectivity index (χ3n) is 12.7. The molecule has 0 radical (unpaired) electrons. The van der Waals surface area contributed by atoms with Gasteiger partial charge >= 0.3 is 0 Å². The highest BCUT2D eigenvalue weighted by molar-refractivity contribution is 7.12. The Balaban J connectivity index is 1.15. The molecule has 1 unspecified atom stereocenters. The van der Waals surface area contributed by atoms with E-state index in [1.54, 1.807) is 0 Å². The Morgan fingerprint density at radius 2 is 0.983 bits per heavy atom. The van der Waals surface area contributed by atoms with Crippen molar-refractivity contribution in [2.45, 2.75) is 12.0 Å². The van der Waals surface area contributed by atoms with Gasteiger partial charge in [0.15, 0.2) is 8.07 Å². The van der Waals surface area contributed by atoms with Gasteiger partial charge in [0.25, 0.3) is 0 Å². The van der Waals surface area contributed by atoms with E-state index in [1.165, 1.54) is 65.2 Å². The van der Waals surface area contributed by atoms with Gasteiger partial charge in [-0.3, -0.25) is 0 Å². The fraction of sp³-hybridized carbons (Fsp3) is 0.0370. The molecular formula is C54H38N2OSi. The van der Waals surface area contributed by atoms with E-state index in [0.29, 0.717) is 0 Å². The van der Waals surface area contributed by atoms with Gasteiger partial charge in [-0.15, -0.1) is 0 Å². The zero-order valence-electron chi connectivity index (χ0n) is 31.8. The highest BCUT2D eigenvalue weighted by Crippen LogP contribution is 2.44. The molecule has 1 aliphatic rings. The summed E-state index contributed by atoms with van der Waals surface area (Å²) >= 11 is 0. The van der Waals surface area contributed by atoms with Crippen molar-refractivity contribution < 1.29 is 4.42 Å². The van der Waals surface area contributed by atoms with Crippen molar-refractivity contribution in [2.75, 3.05) is 0 Å². The van der Waals surface area contributed by atoms with Gasteiger partial charge in [-0.2, -0.15) is 0 Å². The first kappa shape index (κ1) is 33.0. The maximum absolute atomic E-state index is 6.45. The van der Waals surface area contributed by atoms with Crippen molar-refractivity contribution in [1.82, 2.24) is 9.13 Å². The minimum Gasteiger partial charge on any atom is -0.456 e. The topological polar surface area (TPSA) is 23.0 Å². The first-order valence-electron chi connectivity index (χ1n) is 20.2. The Morgan fingerprint density at radius 1 is 0.431 bits per heavy atom. The van der Waals surface area contributed by atoms with E-state index in [1.807, 2.05) is 0 Å². The number of furan rings is 1. The van der Waals surface area contributed by atoms with Crippen molar-refractivity contribution in [3.63, 3.8) is 0 Å². The van der Waals surface area contributed by atoms with Crippen LogP contribution in [0.1, 0.15) is 23.2 Å². The van der Waals surface area contributed by atoms with Crippen LogP contribution in [-0.4, -0.2) is 17.2 Å². The lowest BCUT2D eigenvalue weighted by atomic mass is 10.0. The smallest absolute Gasteiger partial charge is 0.157 e. The molecule has 3 nitrogen and oxygen atoms in total. The molecule has 4 heteroatoms. The fourth-order valence-corrected chi connectivity index (χ4v) is 15.9. The Morgan fingerprint density at radius 3 is 1.69 bits per heavy atom. The summed E-state index contributed by atoms with van der Waals surface area (Å²) in [5.74, 6) is 0. The van der Waals surface area contributed by atoms with Crippen molar-refractivity contribution in [3.8, 4) is 11.4 Å². The predicted octanol–water partition coefficient (Wildman–Crippen LogP) is 11.8. The molecule has 0 N–H and O–H groups in total. The number of para-hydroxylation sites is 4. The predicted molar refractivity (Wildman–Crippen MR) is 245 cm³/mol. The molecule has 3 aromatic heterocycles. The van der Waals surface area contributed by atoms with Crippen LogP contribution < -0.4 is 15.6 Å². The second-order valence-electron chi connectivity index (χ2n) is 15.6. The molecule has 1 atom stereocenters. The molecule has 3 heterocycles. The molecule has 0 saturated heterocycles. The highest BCUT2D eigenvalue weighted by Gasteiger charge is 2.49. The maximum atomic E-state index is 6.45. The van der Waals surface area contributed by atoms with E-state index in [9.17, 15) is 0 Å². The number of hydrogen-bond acceptors (Lipinski definition) is 1. The van der Waals surface area contributed by atoms with Crippen molar-refractivity contribution in [2.24, 2.45) is 0 Å². The van der Waals surface area contributed by atoms with Gasteiger partial charge in [-0.1, -0.05) is 158 Å². The Kier molecular flexibility index (Phi) is 7.38. The number of rotatable bonds is 6. The van der Waals surface area contributed by atoms with Gasteiger partial charge in [0.2, 0.25) is 0 Å². The van der Waals surface area contributed by atoms with Gasteiger partial charge in [0, 0.05) is 49.7 Å². The molecule has 0 saturated carbocycles. The van der Waals surface area contributed by atoms with E-state index in [4.69, 9.17) is 4.42 Å². The van der Waals surface area contributed by atoms with Crippen LogP contribution in [0.5, 0.6) is 0 Å². The molecule has 12 rings (SSSR count). The zero-order valence-corrected chi connectivity index (χ0v) is 32.8. The van der Waals surface area contributed by atoms with Crippen LogP contribution in [0, 0.1) is 0 Å². The molecule has 0 amide bonds. The summed E-state index contributed by atoms with van der Waals surface area (Å²) in [7, 11) is -2.88. The van der Waals surface area contributed by atoms with Gasteiger partial charge < -0.3 is 13.6 Å². The number of nitrogens with zero attached hydrogens (tertiary/aromatic N) is 2. The minimum absolute atomic E-state index is 0.195. The summed E-state index contributed by atoms with van der Waals surface area (Å²) in [4.78, 5) is 0. The first-order valence-corrected chi connectivity index (χ1v) is 22.3. The van der Waals surface area contributed by atoms with Gasteiger partial charge in [0.1, 0.15) is 11.2 Å². The van der Waals surface area contributed by atoms with Crippen LogP contribution in [-0.2, 0) is 0 Å². The monoisotopic (exact) mass is 758 g/mol. The van der Waals surface area contributed by atoms with Crippen molar-refractivity contribution in [3.05, 3.63) is 218 Å². The summed E-state index contributed by atoms with van der Waals surface area (Å²) in [6, 6.07) is 74.0. The van der Waals surface area contributed by atoms with Crippen molar-refractivity contribution in [1.29, 1.82) is 0 Å². The standard InChI is InChI=1S/C54H38N2OSi/c1-4-17-37(18-5-1)55-47-27-13-10-23-42(47)44-26-16-30-51(53(44)55)58(39-19-6-2-7-20-39,40-21-8-3-9-22-40)41-33-31-38(32-34-41)56-48-28-14-11-24-43(48)45-35-36-50-52(54(45)56)46-25-12-15-29-49(46)57-50/h1-29,31-36,51H,30H2. The third-order valence-corrected chi connectivity index (χ3v) is 18.0. The van der Waals surface area contributed by atoms with E-state index < -0.39 is 8.07 Å². The summed E-state index contributed by atoms with van der Waals surface area (Å²) < 4.78 is 11.5. The van der Waals surface area contributed by atoms with E-state index in [2.05, 4.69) is 221 Å². The van der Waals surface area contributed by atoms with Gasteiger partial charge in [-0.25, -0.2) is 0 Å². The second-order valence-corrected chi connectivity index (χ2v) is 19.6. The SMILES string of the molecule is C1=Cc2c(n(-c3ccccc3)c3ccccc23)C([Si](c2ccccc2)(c2ccccc2)c2ccc(-n3c4ccccc4c4ccc5oc6ccccc6c5c43)cc2)C1. The molecule has 11 aromatic rings. The van der Waals surface area contributed by atoms with E-state index >= 15 is 0 Å². The molecule has 274 valence electrons. The number of hydrogen-bond donors (Lipinski definition) is 0. The van der Waals surface area contributed by atoms with Crippen LogP contribution in [0.4, 0.5) is 0 Å². The lowest BCUT2D eigenvalue weighted by molar-refractivity contribution is 0.669. The lowest BCUT2D eigenvalue weighted by Crippen LogP contribution is -2.71. The Labute approximate surface area is 337 Å². The van der Waals surface area contributed by atoms with Crippen LogP contribution >= 0.6 is 0 Å². The van der Waals surface area contributed by atoms with Gasteiger partial charge in [-0.05, 0) is 76.6 Å². The number of fused-ring (bicyclic) bond motifs is 10. The van der Waals surface area contributed by atoms with E-state index in [-0.39, 0.29) is 5.54 Å². The highest BCUT2D eigenvalue weighted by atomic mass is 28.3. The molecule has 0 fully saturated rings. The summed E-state index contributed by atoms with van der Waals surface area (Å²) in [5.41, 5.74) is 10.7. The molecular weight excluding hydrogens is 721 g/mol. The maximum Gasteiger partial charge on any atom is 0.157 e.